The Labute approximate surface area is 314 Å². The topological polar surface area (TPSA) is 224 Å². The van der Waals surface area contributed by atoms with Crippen LogP contribution in [0.15, 0.2) is 47.4 Å². The van der Waals surface area contributed by atoms with Gasteiger partial charge in [0, 0.05) is 48.6 Å². The lowest BCUT2D eigenvalue weighted by Gasteiger charge is -2.26. The number of hydrogen-bond donors (Lipinski definition) is 8. The van der Waals surface area contributed by atoms with E-state index in [1.54, 1.807) is 25.3 Å². The fraction of sp³-hybridized carbons (Fsp3) is 0.450. The highest BCUT2D eigenvalue weighted by Gasteiger charge is 2.31. The monoisotopic (exact) mass is 740 g/mol. The zero-order valence-corrected chi connectivity index (χ0v) is 31.3. The van der Waals surface area contributed by atoms with E-state index in [9.17, 15) is 29.1 Å². The standard InChI is InChI=1S/C40H52N8O6/c1-23-18-27(49)19-24(2)29(23)21-35-40(54)48-34(20-26-22-43-31-11-5-4-10-28(26)31)39(53)47-32(12-6-8-16-41)37(51)42-17-9-7-13-33-38(52)46-30(25(3)44-33)14-15-36(50)45-35/h4-5,10-11,18-19,22,32,34-35,43,49H,6-9,12-17,20-21,41H2,1-3H3,(H,42,51)(H,45,50)(H,46,52)(H,47,53)(H,48,54)/t32-,34+,35-/m0/s1. The summed E-state index contributed by atoms with van der Waals surface area (Å²) in [5, 5.41) is 22.7. The van der Waals surface area contributed by atoms with Gasteiger partial charge >= 0.3 is 0 Å². The van der Waals surface area contributed by atoms with E-state index in [2.05, 4.69) is 36.2 Å². The van der Waals surface area contributed by atoms with Gasteiger partial charge in [-0.05, 0) is 113 Å². The van der Waals surface area contributed by atoms with Gasteiger partial charge in [-0.15, -0.1) is 0 Å². The number of phenolic OH excluding ortho intramolecular Hbond substituents is 1. The Morgan fingerprint density at radius 3 is 2.26 bits per heavy atom. The van der Waals surface area contributed by atoms with Crippen LogP contribution in [-0.2, 0) is 44.9 Å². The first kappa shape index (κ1) is 39.7. The highest BCUT2D eigenvalue weighted by atomic mass is 16.3. The quantitative estimate of drug-likeness (QED) is 0.0987. The molecule has 0 saturated heterocycles. The highest BCUT2D eigenvalue weighted by molar-refractivity contribution is 5.95. The van der Waals surface area contributed by atoms with Crippen LogP contribution in [0.4, 0.5) is 0 Å². The molecular formula is C40H52N8O6. The molecule has 9 N–H and O–H groups in total. The second kappa shape index (κ2) is 18.5. The van der Waals surface area contributed by atoms with Crippen molar-refractivity contribution >= 4 is 34.5 Å². The first-order valence-electron chi connectivity index (χ1n) is 18.7. The van der Waals surface area contributed by atoms with Crippen molar-refractivity contribution in [3.8, 4) is 5.75 Å². The molecule has 0 spiro atoms. The molecule has 2 aliphatic heterocycles. The fourth-order valence-corrected chi connectivity index (χ4v) is 7.03. The normalized spacial score (nSPS) is 19.4. The molecule has 2 bridgehead atoms. The number of aromatic amines is 2. The predicted molar refractivity (Wildman–Crippen MR) is 206 cm³/mol. The highest BCUT2D eigenvalue weighted by Crippen LogP contribution is 2.23. The molecule has 14 heteroatoms. The molecule has 4 heterocycles. The lowest BCUT2D eigenvalue weighted by atomic mass is 9.95. The third kappa shape index (κ3) is 10.3. The molecule has 0 fully saturated rings. The van der Waals surface area contributed by atoms with Crippen molar-refractivity contribution in [3.63, 3.8) is 0 Å². The average Bonchev–Trinajstić information content (AvgIpc) is 3.54. The summed E-state index contributed by atoms with van der Waals surface area (Å²) in [5.74, 6) is -1.85. The van der Waals surface area contributed by atoms with Crippen LogP contribution in [0.3, 0.4) is 0 Å². The van der Waals surface area contributed by atoms with Crippen LogP contribution in [0.1, 0.15) is 77.9 Å². The van der Waals surface area contributed by atoms with Crippen LogP contribution in [-0.4, -0.2) is 74.9 Å². The molecule has 2 aromatic heterocycles. The number of H-pyrrole nitrogens is 2. The minimum absolute atomic E-state index is 0.0351. The lowest BCUT2D eigenvalue weighted by molar-refractivity contribution is -0.133. The number of hydrogen-bond acceptors (Lipinski definition) is 8. The van der Waals surface area contributed by atoms with Crippen molar-refractivity contribution in [2.45, 2.75) is 103 Å². The largest absolute Gasteiger partial charge is 0.508 e. The van der Waals surface area contributed by atoms with Gasteiger partial charge < -0.3 is 42.1 Å². The van der Waals surface area contributed by atoms with Crippen molar-refractivity contribution in [2.24, 2.45) is 5.73 Å². The lowest BCUT2D eigenvalue weighted by Crippen LogP contribution is -2.57. The molecular weight excluding hydrogens is 688 g/mol. The Morgan fingerprint density at radius 1 is 0.815 bits per heavy atom. The number of benzene rings is 2. The molecule has 6 rings (SSSR count). The predicted octanol–water partition coefficient (Wildman–Crippen LogP) is 2.34. The maximum Gasteiger partial charge on any atom is 0.269 e. The number of aromatic hydroxyl groups is 1. The number of nitrogens with one attached hydrogen (secondary N) is 6. The van der Waals surface area contributed by atoms with E-state index in [1.165, 1.54) is 0 Å². The van der Waals surface area contributed by atoms with Crippen molar-refractivity contribution < 1.29 is 24.3 Å². The van der Waals surface area contributed by atoms with Crippen LogP contribution in [0.5, 0.6) is 5.75 Å². The molecule has 0 radical (unpaired) electrons. The number of aromatic nitrogens is 3. The molecule has 288 valence electrons. The van der Waals surface area contributed by atoms with Gasteiger partial charge in [0.1, 0.15) is 29.6 Å². The summed E-state index contributed by atoms with van der Waals surface area (Å²) in [7, 11) is 0. The van der Waals surface area contributed by atoms with E-state index in [-0.39, 0.29) is 42.9 Å². The molecule has 0 aliphatic carbocycles. The summed E-state index contributed by atoms with van der Waals surface area (Å²) in [4.78, 5) is 79.2. The Morgan fingerprint density at radius 2 is 1.52 bits per heavy atom. The summed E-state index contributed by atoms with van der Waals surface area (Å²) < 4.78 is 0. The Bertz CT molecular complexity index is 2010. The molecule has 3 atom stereocenters. The maximum atomic E-state index is 14.4. The number of rotatable bonds is 8. The Balaban J connectivity index is 1.51. The summed E-state index contributed by atoms with van der Waals surface area (Å²) >= 11 is 0. The summed E-state index contributed by atoms with van der Waals surface area (Å²) in [6, 6.07) is 7.69. The van der Waals surface area contributed by atoms with Crippen molar-refractivity contribution in [2.75, 3.05) is 13.1 Å². The molecule has 2 aromatic carbocycles. The van der Waals surface area contributed by atoms with E-state index >= 15 is 0 Å². The Hall–Kier alpha value is -5.50. The molecule has 0 saturated carbocycles. The number of nitrogens with two attached hydrogens (primary N) is 1. The van der Waals surface area contributed by atoms with Crippen molar-refractivity contribution in [3.05, 3.63) is 92.3 Å². The smallest absolute Gasteiger partial charge is 0.269 e. The zero-order chi connectivity index (χ0) is 38.8. The number of unbranched alkanes of at least 4 members (excludes halogenated alkanes) is 1. The number of nitrogens with zero attached hydrogens (tertiary/aromatic N) is 1. The van der Waals surface area contributed by atoms with Crippen LogP contribution in [0.2, 0.25) is 0 Å². The van der Waals surface area contributed by atoms with Crippen LogP contribution in [0, 0.1) is 20.8 Å². The average molecular weight is 741 g/mol. The van der Waals surface area contributed by atoms with E-state index in [4.69, 9.17) is 5.73 Å². The van der Waals surface area contributed by atoms with E-state index in [0.717, 1.165) is 33.2 Å². The fourth-order valence-electron chi connectivity index (χ4n) is 7.03. The van der Waals surface area contributed by atoms with Crippen molar-refractivity contribution in [1.29, 1.82) is 0 Å². The molecule has 4 amide bonds. The minimum Gasteiger partial charge on any atom is -0.508 e. The third-order valence-electron chi connectivity index (χ3n) is 10.1. The van der Waals surface area contributed by atoms with Gasteiger partial charge in [0.05, 0.1) is 5.69 Å². The van der Waals surface area contributed by atoms with Gasteiger partial charge in [0.15, 0.2) is 0 Å². The van der Waals surface area contributed by atoms with Gasteiger partial charge in [-0.1, -0.05) is 18.2 Å². The number of carbonyl (C=O) groups excluding carboxylic acids is 4. The van der Waals surface area contributed by atoms with E-state index in [1.807, 2.05) is 38.1 Å². The van der Waals surface area contributed by atoms with Gasteiger partial charge in [-0.2, -0.15) is 0 Å². The number of fused-ring (bicyclic) bond motifs is 19. The zero-order valence-electron chi connectivity index (χ0n) is 31.3. The van der Waals surface area contributed by atoms with Crippen LogP contribution in [0.25, 0.3) is 10.9 Å². The first-order chi connectivity index (χ1) is 25.9. The first-order valence-corrected chi connectivity index (χ1v) is 18.7. The number of para-hydroxylation sites is 1. The van der Waals surface area contributed by atoms with Crippen LogP contribution < -0.4 is 32.6 Å². The summed E-state index contributed by atoms with van der Waals surface area (Å²) in [6.45, 7) is 6.17. The summed E-state index contributed by atoms with van der Waals surface area (Å²) in [5.41, 5.74) is 10.8. The van der Waals surface area contributed by atoms with Crippen molar-refractivity contribution in [1.82, 2.24) is 36.2 Å². The maximum absolute atomic E-state index is 14.4. The number of amides is 4. The number of phenols is 1. The molecule has 4 aromatic rings. The number of aryl methyl sites for hydroxylation is 5. The minimum atomic E-state index is -1.12. The molecule has 0 unspecified atom stereocenters. The van der Waals surface area contributed by atoms with Gasteiger partial charge in [0.25, 0.3) is 5.56 Å². The second-order valence-electron chi connectivity index (χ2n) is 14.2. The van der Waals surface area contributed by atoms with Gasteiger partial charge in [-0.3, -0.25) is 29.0 Å². The summed E-state index contributed by atoms with van der Waals surface area (Å²) in [6.07, 6.45) is 5.31. The third-order valence-corrected chi connectivity index (χ3v) is 10.1. The molecule has 14 nitrogen and oxygen atoms in total. The second-order valence-corrected chi connectivity index (χ2v) is 14.2. The van der Waals surface area contributed by atoms with Crippen LogP contribution >= 0.6 is 0 Å². The molecule has 54 heavy (non-hydrogen) atoms. The van der Waals surface area contributed by atoms with E-state index in [0.29, 0.717) is 68.7 Å². The SMILES string of the molecule is Cc1cc(O)cc(C)c1C[C@@H]1NC(=O)CCc2[nH]c(=O)c(nc2C)CCCCNC(=O)[C@H](CCCCN)NC(=O)[C@@H](Cc2c[nH]c3ccccc23)NC1=O. The number of carbonyl (C=O) groups is 4. The van der Waals surface area contributed by atoms with Gasteiger partial charge in [0.2, 0.25) is 23.6 Å². The molecule has 2 aliphatic rings. The van der Waals surface area contributed by atoms with Gasteiger partial charge in [-0.25, -0.2) is 0 Å². The van der Waals surface area contributed by atoms with E-state index < -0.39 is 35.8 Å². The Kier molecular flexibility index (Phi) is 13.6.